The fourth-order valence-electron chi connectivity index (χ4n) is 1.51. The Bertz CT molecular complexity index is 422. The van der Waals surface area contributed by atoms with Crippen LogP contribution in [0.2, 0.25) is 0 Å². The molecule has 2 aromatic carbocycles. The summed E-state index contributed by atoms with van der Waals surface area (Å²) >= 11 is 0. The molecule has 0 saturated carbocycles. The summed E-state index contributed by atoms with van der Waals surface area (Å²) < 4.78 is 0. The van der Waals surface area contributed by atoms with Crippen LogP contribution in [0.3, 0.4) is 0 Å². The highest BCUT2D eigenvalue weighted by Crippen LogP contribution is 2.20. The molecule has 1 N–H and O–H groups in total. The molecule has 0 amide bonds. The summed E-state index contributed by atoms with van der Waals surface area (Å²) in [6, 6.07) is 17.5. The molecule has 2 rings (SSSR count). The third-order valence-electron chi connectivity index (χ3n) is 2.37. The third kappa shape index (κ3) is 2.44. The zero-order chi connectivity index (χ0) is 10.7. The molecule has 0 radical (unpaired) electrons. The molecule has 0 fully saturated rings. The number of aliphatic hydroxyl groups excluding tert-OH is 1. The minimum absolute atomic E-state index is 0.531. The fourth-order valence-corrected chi connectivity index (χ4v) is 1.70. The van der Waals surface area contributed by atoms with Crippen LogP contribution in [0.1, 0.15) is 17.2 Å². The van der Waals surface area contributed by atoms with Crippen molar-refractivity contribution in [2.24, 2.45) is 0 Å². The lowest BCUT2D eigenvalue weighted by molar-refractivity contribution is 0.220. The van der Waals surface area contributed by atoms with Gasteiger partial charge in [-0.1, -0.05) is 54.6 Å². The normalized spacial score (nSPS) is 12.4. The summed E-state index contributed by atoms with van der Waals surface area (Å²) in [4.78, 5) is 0. The number of hydrogen-bond donors (Lipinski definition) is 1. The highest BCUT2D eigenvalue weighted by atomic mass is 31.0. The van der Waals surface area contributed by atoms with Crippen LogP contribution in [0.5, 0.6) is 0 Å². The van der Waals surface area contributed by atoms with Crippen LogP contribution in [0.4, 0.5) is 0 Å². The summed E-state index contributed by atoms with van der Waals surface area (Å²) in [5, 5.41) is 11.2. The molecule has 0 bridgehead atoms. The average Bonchev–Trinajstić information content (AvgIpc) is 2.30. The lowest BCUT2D eigenvalue weighted by Gasteiger charge is -2.11. The van der Waals surface area contributed by atoms with Crippen LogP contribution in [0.25, 0.3) is 0 Å². The van der Waals surface area contributed by atoms with E-state index in [0.717, 1.165) is 16.4 Å². The molecule has 0 aliphatic heterocycles. The first-order valence-corrected chi connectivity index (χ1v) is 5.43. The Kier molecular flexibility index (Phi) is 3.15. The third-order valence-corrected chi connectivity index (χ3v) is 2.75. The molecule has 0 aliphatic carbocycles. The molecule has 0 spiro atoms. The van der Waals surface area contributed by atoms with Gasteiger partial charge in [0.2, 0.25) is 0 Å². The van der Waals surface area contributed by atoms with Crippen LogP contribution in [0, 0.1) is 0 Å². The highest BCUT2D eigenvalue weighted by Gasteiger charge is 2.08. The van der Waals surface area contributed by atoms with Crippen molar-refractivity contribution >= 4 is 14.5 Å². The van der Waals surface area contributed by atoms with Crippen LogP contribution in [0.15, 0.2) is 54.6 Å². The maximum Gasteiger partial charge on any atom is 0.104 e. The quantitative estimate of drug-likeness (QED) is 0.763. The van der Waals surface area contributed by atoms with Gasteiger partial charge >= 0.3 is 0 Å². The van der Waals surface area contributed by atoms with Gasteiger partial charge in [-0.25, -0.2) is 0 Å². The van der Waals surface area contributed by atoms with Crippen molar-refractivity contribution in [1.82, 2.24) is 0 Å². The molecule has 0 aliphatic rings. The Morgan fingerprint density at radius 3 is 1.93 bits per heavy atom. The van der Waals surface area contributed by atoms with Gasteiger partial charge in [-0.15, -0.1) is 9.24 Å². The first kappa shape index (κ1) is 10.4. The first-order valence-electron chi connectivity index (χ1n) is 4.86. The first-order chi connectivity index (χ1) is 7.27. The van der Waals surface area contributed by atoms with E-state index >= 15 is 0 Å². The minimum atomic E-state index is -0.531. The van der Waals surface area contributed by atoms with Crippen molar-refractivity contribution in [1.29, 1.82) is 0 Å². The molecular weight excluding hydrogens is 203 g/mol. The van der Waals surface area contributed by atoms with Crippen LogP contribution in [-0.4, -0.2) is 5.11 Å². The largest absolute Gasteiger partial charge is 0.384 e. The van der Waals surface area contributed by atoms with E-state index in [9.17, 15) is 5.11 Å². The number of hydrogen-bond acceptors (Lipinski definition) is 1. The van der Waals surface area contributed by atoms with Crippen LogP contribution >= 0.6 is 9.24 Å². The Hall–Kier alpha value is -1.17. The highest BCUT2D eigenvalue weighted by molar-refractivity contribution is 7.27. The van der Waals surface area contributed by atoms with Crippen molar-refractivity contribution in [3.63, 3.8) is 0 Å². The molecule has 76 valence electrons. The molecular formula is C13H13OP. The average molecular weight is 216 g/mol. The lowest BCUT2D eigenvalue weighted by Crippen LogP contribution is -2.00. The molecule has 1 nitrogen and oxygen atoms in total. The Morgan fingerprint density at radius 1 is 0.800 bits per heavy atom. The summed E-state index contributed by atoms with van der Waals surface area (Å²) in [6.07, 6.45) is -0.531. The van der Waals surface area contributed by atoms with E-state index in [-0.39, 0.29) is 0 Å². The molecule has 15 heavy (non-hydrogen) atoms. The van der Waals surface area contributed by atoms with Gasteiger partial charge in [0.1, 0.15) is 6.10 Å². The van der Waals surface area contributed by atoms with E-state index in [1.54, 1.807) is 0 Å². The zero-order valence-electron chi connectivity index (χ0n) is 8.30. The molecule has 2 heteroatoms. The summed E-state index contributed by atoms with van der Waals surface area (Å²) in [6.45, 7) is 0. The van der Waals surface area contributed by atoms with E-state index < -0.39 is 6.10 Å². The van der Waals surface area contributed by atoms with Crippen molar-refractivity contribution in [2.75, 3.05) is 0 Å². The summed E-state index contributed by atoms with van der Waals surface area (Å²) in [7, 11) is 2.63. The SMILES string of the molecule is OC(c1ccccc1)c1ccc(P)cc1. The zero-order valence-corrected chi connectivity index (χ0v) is 9.45. The van der Waals surface area contributed by atoms with E-state index in [2.05, 4.69) is 9.24 Å². The Morgan fingerprint density at radius 2 is 1.33 bits per heavy atom. The van der Waals surface area contributed by atoms with Crippen LogP contribution in [-0.2, 0) is 0 Å². The van der Waals surface area contributed by atoms with Gasteiger partial charge in [0.15, 0.2) is 0 Å². The van der Waals surface area contributed by atoms with Gasteiger partial charge in [-0.3, -0.25) is 0 Å². The maximum absolute atomic E-state index is 10.1. The predicted molar refractivity (Wildman–Crippen MR) is 66.3 cm³/mol. The van der Waals surface area contributed by atoms with Gasteiger partial charge in [-0.2, -0.15) is 0 Å². The molecule has 2 unspecified atom stereocenters. The van der Waals surface area contributed by atoms with E-state index in [1.165, 1.54) is 0 Å². The molecule has 0 saturated heterocycles. The monoisotopic (exact) mass is 216 g/mol. The second kappa shape index (κ2) is 4.57. The van der Waals surface area contributed by atoms with Crippen LogP contribution < -0.4 is 5.30 Å². The van der Waals surface area contributed by atoms with Crippen molar-refractivity contribution in [3.05, 3.63) is 65.7 Å². The molecule has 0 heterocycles. The number of rotatable bonds is 2. The standard InChI is InChI=1S/C13H13OP/c14-13(10-4-2-1-3-5-10)11-6-8-12(15)9-7-11/h1-9,13-14H,15H2. The molecule has 2 aromatic rings. The maximum atomic E-state index is 10.1. The minimum Gasteiger partial charge on any atom is -0.384 e. The summed E-state index contributed by atoms with van der Waals surface area (Å²) in [5.74, 6) is 0. The van der Waals surface area contributed by atoms with E-state index in [1.807, 2.05) is 54.6 Å². The number of benzene rings is 2. The van der Waals surface area contributed by atoms with E-state index in [4.69, 9.17) is 0 Å². The van der Waals surface area contributed by atoms with E-state index in [0.29, 0.717) is 0 Å². The van der Waals surface area contributed by atoms with Gasteiger partial charge in [0.25, 0.3) is 0 Å². The van der Waals surface area contributed by atoms with Gasteiger partial charge in [-0.05, 0) is 16.4 Å². The lowest BCUT2D eigenvalue weighted by atomic mass is 10.0. The van der Waals surface area contributed by atoms with Crippen molar-refractivity contribution in [3.8, 4) is 0 Å². The molecule has 2 atom stereocenters. The van der Waals surface area contributed by atoms with Crippen molar-refractivity contribution < 1.29 is 5.11 Å². The smallest absolute Gasteiger partial charge is 0.104 e. The summed E-state index contributed by atoms with van der Waals surface area (Å²) in [5.41, 5.74) is 1.85. The van der Waals surface area contributed by atoms with Crippen molar-refractivity contribution in [2.45, 2.75) is 6.10 Å². The molecule has 0 aromatic heterocycles. The Balaban J connectivity index is 2.29. The van der Waals surface area contributed by atoms with Gasteiger partial charge < -0.3 is 5.11 Å². The van der Waals surface area contributed by atoms with Gasteiger partial charge in [0.05, 0.1) is 0 Å². The van der Waals surface area contributed by atoms with Gasteiger partial charge in [0, 0.05) is 0 Å². The Labute approximate surface area is 92.0 Å². The second-order valence-electron chi connectivity index (χ2n) is 3.48. The predicted octanol–water partition coefficient (Wildman–Crippen LogP) is 2.27. The second-order valence-corrected chi connectivity index (χ2v) is 4.15. The topological polar surface area (TPSA) is 20.2 Å². The number of aliphatic hydroxyl groups is 1. The fraction of sp³-hybridized carbons (Fsp3) is 0.0769.